The first-order valence-electron chi connectivity index (χ1n) is 6.82. The molecule has 1 aromatic carbocycles. The molecule has 1 N–H and O–H groups in total. The van der Waals surface area contributed by atoms with E-state index in [4.69, 9.17) is 4.74 Å². The Bertz CT molecular complexity index is 335. The molecule has 2 nitrogen and oxygen atoms in total. The molecule has 0 aliphatic rings. The zero-order chi connectivity index (χ0) is 13.6. The summed E-state index contributed by atoms with van der Waals surface area (Å²) in [7, 11) is 0. The van der Waals surface area contributed by atoms with Gasteiger partial charge in [-0.2, -0.15) is 0 Å². The summed E-state index contributed by atoms with van der Waals surface area (Å²) < 4.78 is 5.74. The van der Waals surface area contributed by atoms with Crippen molar-refractivity contribution in [1.29, 1.82) is 0 Å². The Morgan fingerprint density at radius 3 is 2.22 bits per heavy atom. The van der Waals surface area contributed by atoms with Crippen molar-refractivity contribution in [3.05, 3.63) is 29.8 Å². The van der Waals surface area contributed by atoms with Crippen molar-refractivity contribution >= 4 is 0 Å². The lowest BCUT2D eigenvalue weighted by Gasteiger charge is -2.18. The Labute approximate surface area is 112 Å². The smallest absolute Gasteiger partial charge is 0.119 e. The second-order valence-corrected chi connectivity index (χ2v) is 6.34. The molecule has 2 heteroatoms. The maximum absolute atomic E-state index is 5.74. The normalized spacial score (nSPS) is 11.9. The molecule has 0 aromatic heterocycles. The number of nitrogens with one attached hydrogen (secondary N) is 1. The largest absolute Gasteiger partial charge is 0.494 e. The molecule has 0 amide bonds. The van der Waals surface area contributed by atoms with Gasteiger partial charge in [0.1, 0.15) is 5.75 Å². The number of rotatable bonds is 6. The van der Waals surface area contributed by atoms with Crippen LogP contribution in [0.5, 0.6) is 5.75 Å². The van der Waals surface area contributed by atoms with Gasteiger partial charge in [0.15, 0.2) is 0 Å². The van der Waals surface area contributed by atoms with Crippen LogP contribution in [-0.2, 0) is 6.54 Å². The van der Waals surface area contributed by atoms with Gasteiger partial charge in [0.25, 0.3) is 0 Å². The molecule has 1 aromatic rings. The molecular weight excluding hydrogens is 222 g/mol. The molecule has 18 heavy (non-hydrogen) atoms. The molecule has 0 saturated heterocycles. The first-order chi connectivity index (χ1) is 8.37. The van der Waals surface area contributed by atoms with Crippen molar-refractivity contribution in [3.8, 4) is 5.75 Å². The molecule has 0 radical (unpaired) electrons. The summed E-state index contributed by atoms with van der Waals surface area (Å²) in [6.45, 7) is 12.7. The van der Waals surface area contributed by atoms with Crippen LogP contribution in [0.3, 0.4) is 0 Å². The predicted molar refractivity (Wildman–Crippen MR) is 78.0 cm³/mol. The lowest BCUT2D eigenvalue weighted by Crippen LogP contribution is -2.21. The van der Waals surface area contributed by atoms with Gasteiger partial charge in [0, 0.05) is 12.6 Å². The molecule has 102 valence electrons. The predicted octanol–water partition coefficient (Wildman–Crippen LogP) is 4.00. The van der Waals surface area contributed by atoms with E-state index in [0.29, 0.717) is 11.5 Å². The highest BCUT2D eigenvalue weighted by Crippen LogP contribution is 2.19. The summed E-state index contributed by atoms with van der Waals surface area (Å²) >= 11 is 0. The Hall–Kier alpha value is -1.02. The molecule has 0 atom stereocenters. The highest BCUT2D eigenvalue weighted by Gasteiger charge is 2.09. The third-order valence-electron chi connectivity index (χ3n) is 2.76. The molecule has 0 heterocycles. The average Bonchev–Trinajstić information content (AvgIpc) is 2.26. The number of hydrogen-bond acceptors (Lipinski definition) is 2. The monoisotopic (exact) mass is 249 g/mol. The van der Waals surface area contributed by atoms with Crippen LogP contribution in [-0.4, -0.2) is 12.6 Å². The Kier molecular flexibility index (Phi) is 5.67. The molecule has 0 saturated carbocycles. The topological polar surface area (TPSA) is 21.3 Å². The lowest BCUT2D eigenvalue weighted by molar-refractivity contribution is 0.243. The van der Waals surface area contributed by atoms with Gasteiger partial charge in [0.2, 0.25) is 0 Å². The van der Waals surface area contributed by atoms with E-state index in [2.05, 4.69) is 64.2 Å². The Morgan fingerprint density at radius 2 is 1.72 bits per heavy atom. The van der Waals surface area contributed by atoms with Gasteiger partial charge in [0.05, 0.1) is 6.61 Å². The molecule has 0 bridgehead atoms. The van der Waals surface area contributed by atoms with Gasteiger partial charge in [-0.05, 0) is 29.5 Å². The van der Waals surface area contributed by atoms with Crippen LogP contribution in [0, 0.1) is 5.41 Å². The zero-order valence-corrected chi connectivity index (χ0v) is 12.4. The van der Waals surface area contributed by atoms with Crippen molar-refractivity contribution in [1.82, 2.24) is 5.32 Å². The SMILES string of the molecule is CC(C)NCc1ccc(OCCC(C)(C)C)cc1. The fourth-order valence-corrected chi connectivity index (χ4v) is 1.50. The Balaban J connectivity index is 2.36. The van der Waals surface area contributed by atoms with Gasteiger partial charge < -0.3 is 10.1 Å². The van der Waals surface area contributed by atoms with Crippen molar-refractivity contribution < 1.29 is 4.74 Å². The third-order valence-corrected chi connectivity index (χ3v) is 2.76. The van der Waals surface area contributed by atoms with E-state index in [-0.39, 0.29) is 0 Å². The lowest BCUT2D eigenvalue weighted by atomic mass is 9.93. The third kappa shape index (κ3) is 6.65. The molecule has 0 aliphatic carbocycles. The summed E-state index contributed by atoms with van der Waals surface area (Å²) in [4.78, 5) is 0. The van der Waals surface area contributed by atoms with E-state index in [1.807, 2.05) is 0 Å². The summed E-state index contributed by atoms with van der Waals surface area (Å²) in [5.41, 5.74) is 1.63. The standard InChI is InChI=1S/C16H27NO/c1-13(2)17-12-14-6-8-15(9-7-14)18-11-10-16(3,4)5/h6-9,13,17H,10-12H2,1-5H3. The minimum Gasteiger partial charge on any atom is -0.494 e. The minimum atomic E-state index is 0.334. The second kappa shape index (κ2) is 6.79. The fraction of sp³-hybridized carbons (Fsp3) is 0.625. The first kappa shape index (κ1) is 15.0. The fourth-order valence-electron chi connectivity index (χ4n) is 1.50. The van der Waals surface area contributed by atoms with Gasteiger partial charge in [-0.25, -0.2) is 0 Å². The number of hydrogen-bond donors (Lipinski definition) is 1. The molecule has 0 spiro atoms. The summed E-state index contributed by atoms with van der Waals surface area (Å²) in [6, 6.07) is 8.89. The van der Waals surface area contributed by atoms with Gasteiger partial charge in [-0.15, -0.1) is 0 Å². The molecular formula is C16H27NO. The van der Waals surface area contributed by atoms with E-state index in [0.717, 1.165) is 25.3 Å². The Morgan fingerprint density at radius 1 is 1.11 bits per heavy atom. The quantitative estimate of drug-likeness (QED) is 0.823. The zero-order valence-electron chi connectivity index (χ0n) is 12.4. The van der Waals surface area contributed by atoms with Crippen molar-refractivity contribution in [2.75, 3.05) is 6.61 Å². The van der Waals surface area contributed by atoms with Crippen LogP contribution in [0.1, 0.15) is 46.6 Å². The molecule has 0 unspecified atom stereocenters. The van der Waals surface area contributed by atoms with Crippen molar-refractivity contribution in [2.45, 2.75) is 53.6 Å². The van der Waals surface area contributed by atoms with Crippen LogP contribution in [0.4, 0.5) is 0 Å². The van der Waals surface area contributed by atoms with E-state index in [9.17, 15) is 0 Å². The van der Waals surface area contributed by atoms with Gasteiger partial charge >= 0.3 is 0 Å². The minimum absolute atomic E-state index is 0.334. The van der Waals surface area contributed by atoms with E-state index >= 15 is 0 Å². The molecule has 1 rings (SSSR count). The van der Waals surface area contributed by atoms with E-state index in [1.54, 1.807) is 0 Å². The van der Waals surface area contributed by atoms with E-state index < -0.39 is 0 Å². The number of ether oxygens (including phenoxy) is 1. The summed E-state index contributed by atoms with van der Waals surface area (Å²) in [5, 5.41) is 3.40. The van der Waals surface area contributed by atoms with Gasteiger partial charge in [-0.1, -0.05) is 46.8 Å². The average molecular weight is 249 g/mol. The maximum Gasteiger partial charge on any atom is 0.119 e. The first-order valence-corrected chi connectivity index (χ1v) is 6.82. The van der Waals surface area contributed by atoms with Gasteiger partial charge in [-0.3, -0.25) is 0 Å². The van der Waals surface area contributed by atoms with Crippen LogP contribution in [0.25, 0.3) is 0 Å². The molecule has 0 aliphatic heterocycles. The van der Waals surface area contributed by atoms with Crippen molar-refractivity contribution in [3.63, 3.8) is 0 Å². The second-order valence-electron chi connectivity index (χ2n) is 6.34. The van der Waals surface area contributed by atoms with Crippen LogP contribution in [0.15, 0.2) is 24.3 Å². The van der Waals surface area contributed by atoms with Crippen molar-refractivity contribution in [2.24, 2.45) is 5.41 Å². The maximum atomic E-state index is 5.74. The highest BCUT2D eigenvalue weighted by atomic mass is 16.5. The van der Waals surface area contributed by atoms with E-state index in [1.165, 1.54) is 5.56 Å². The summed E-state index contributed by atoms with van der Waals surface area (Å²) in [6.07, 6.45) is 1.07. The molecule has 0 fully saturated rings. The van der Waals surface area contributed by atoms with Crippen LogP contribution < -0.4 is 10.1 Å². The number of benzene rings is 1. The summed E-state index contributed by atoms with van der Waals surface area (Å²) in [5.74, 6) is 0.965. The highest BCUT2D eigenvalue weighted by molar-refractivity contribution is 5.27. The van der Waals surface area contributed by atoms with Crippen LogP contribution in [0.2, 0.25) is 0 Å². The van der Waals surface area contributed by atoms with Crippen LogP contribution >= 0.6 is 0 Å².